The summed E-state index contributed by atoms with van der Waals surface area (Å²) in [6.45, 7) is 3.64. The molecule has 1 amide bonds. The molecule has 0 aliphatic rings. The zero-order valence-electron chi connectivity index (χ0n) is 9.05. The molecule has 6 nitrogen and oxygen atoms in total. The number of hydrogen-bond donors (Lipinski definition) is 2. The standard InChI is InChI=1S/C8H18NO5P/c1-3-9(11)8(10)6-5-7-15(12,13)14-4-2/h11H,3-7H2,1-2H3,(H,12,13). The number of carbonyl (C=O) groups is 1. The Hall–Kier alpha value is -0.420. The molecule has 0 radical (unpaired) electrons. The molecule has 0 aliphatic carbocycles. The van der Waals surface area contributed by atoms with Crippen LogP contribution in [0.2, 0.25) is 0 Å². The maximum atomic E-state index is 11.2. The molecule has 0 saturated carbocycles. The van der Waals surface area contributed by atoms with Gasteiger partial charge in [0.05, 0.1) is 12.8 Å². The summed E-state index contributed by atoms with van der Waals surface area (Å²) < 4.78 is 15.8. The summed E-state index contributed by atoms with van der Waals surface area (Å²) >= 11 is 0. The monoisotopic (exact) mass is 239 g/mol. The van der Waals surface area contributed by atoms with Crippen molar-refractivity contribution in [2.75, 3.05) is 19.3 Å². The van der Waals surface area contributed by atoms with Gasteiger partial charge >= 0.3 is 7.60 Å². The molecule has 90 valence electrons. The first kappa shape index (κ1) is 14.6. The predicted molar refractivity (Wildman–Crippen MR) is 54.7 cm³/mol. The van der Waals surface area contributed by atoms with Crippen molar-refractivity contribution >= 4 is 13.5 Å². The van der Waals surface area contributed by atoms with E-state index in [-0.39, 0.29) is 32.2 Å². The Morgan fingerprint density at radius 2 is 2.07 bits per heavy atom. The maximum absolute atomic E-state index is 11.2. The van der Waals surface area contributed by atoms with Crippen molar-refractivity contribution in [2.24, 2.45) is 0 Å². The predicted octanol–water partition coefficient (Wildman–Crippen LogP) is 1.23. The van der Waals surface area contributed by atoms with Gasteiger partial charge in [-0.3, -0.25) is 14.6 Å². The third-order valence-corrected chi connectivity index (χ3v) is 3.29. The summed E-state index contributed by atoms with van der Waals surface area (Å²) in [6.07, 6.45) is 0.204. The number of hydrogen-bond acceptors (Lipinski definition) is 4. The fourth-order valence-electron chi connectivity index (χ4n) is 1.00. The fourth-order valence-corrected chi connectivity index (χ4v) is 2.09. The molecule has 0 saturated heterocycles. The van der Waals surface area contributed by atoms with Crippen LogP contribution in [0.5, 0.6) is 0 Å². The summed E-state index contributed by atoms with van der Waals surface area (Å²) in [5, 5.41) is 9.57. The van der Waals surface area contributed by atoms with Crippen LogP contribution in [0.3, 0.4) is 0 Å². The Morgan fingerprint density at radius 3 is 2.53 bits per heavy atom. The number of nitrogens with zero attached hydrogens (tertiary/aromatic N) is 1. The lowest BCUT2D eigenvalue weighted by Crippen LogP contribution is -2.26. The number of hydroxylamine groups is 2. The van der Waals surface area contributed by atoms with E-state index < -0.39 is 13.5 Å². The molecule has 15 heavy (non-hydrogen) atoms. The van der Waals surface area contributed by atoms with E-state index >= 15 is 0 Å². The summed E-state index contributed by atoms with van der Waals surface area (Å²) in [4.78, 5) is 20.3. The van der Waals surface area contributed by atoms with E-state index in [4.69, 9.17) is 10.1 Å². The molecule has 1 atom stereocenters. The van der Waals surface area contributed by atoms with Gasteiger partial charge in [0.1, 0.15) is 0 Å². The van der Waals surface area contributed by atoms with Gasteiger partial charge in [0.15, 0.2) is 0 Å². The van der Waals surface area contributed by atoms with Gasteiger partial charge in [-0.15, -0.1) is 0 Å². The van der Waals surface area contributed by atoms with Crippen LogP contribution in [0.25, 0.3) is 0 Å². The highest BCUT2D eigenvalue weighted by atomic mass is 31.2. The molecule has 7 heteroatoms. The molecule has 0 aliphatic heterocycles. The van der Waals surface area contributed by atoms with Crippen molar-refractivity contribution in [1.82, 2.24) is 5.06 Å². The van der Waals surface area contributed by atoms with Crippen LogP contribution in [0.1, 0.15) is 26.7 Å². The third-order valence-electron chi connectivity index (χ3n) is 1.75. The molecule has 0 rings (SSSR count). The molecule has 1 unspecified atom stereocenters. The minimum Gasteiger partial charge on any atom is -0.324 e. The topological polar surface area (TPSA) is 87.1 Å². The van der Waals surface area contributed by atoms with Crippen molar-refractivity contribution in [1.29, 1.82) is 0 Å². The first-order valence-corrected chi connectivity index (χ1v) is 6.64. The second-order valence-electron chi connectivity index (χ2n) is 2.99. The van der Waals surface area contributed by atoms with Gasteiger partial charge in [0.2, 0.25) is 5.91 Å². The fraction of sp³-hybridized carbons (Fsp3) is 0.875. The molecule has 0 heterocycles. The van der Waals surface area contributed by atoms with Crippen molar-refractivity contribution < 1.29 is 24.0 Å². The Kier molecular flexibility index (Phi) is 6.76. The Balaban J connectivity index is 3.79. The van der Waals surface area contributed by atoms with Crippen LogP contribution < -0.4 is 0 Å². The van der Waals surface area contributed by atoms with Crippen LogP contribution in [0.15, 0.2) is 0 Å². The lowest BCUT2D eigenvalue weighted by molar-refractivity contribution is -0.164. The molecule has 0 bridgehead atoms. The van der Waals surface area contributed by atoms with Crippen molar-refractivity contribution in [3.63, 3.8) is 0 Å². The molecule has 0 aromatic rings. The zero-order chi connectivity index (χ0) is 11.9. The van der Waals surface area contributed by atoms with Crippen LogP contribution in [-0.4, -0.2) is 40.4 Å². The van der Waals surface area contributed by atoms with Crippen LogP contribution >= 0.6 is 7.60 Å². The van der Waals surface area contributed by atoms with E-state index in [0.717, 1.165) is 0 Å². The molecule has 0 spiro atoms. The number of rotatable bonds is 7. The molecule has 0 aromatic heterocycles. The van der Waals surface area contributed by atoms with Crippen LogP contribution in [0.4, 0.5) is 0 Å². The van der Waals surface area contributed by atoms with E-state index in [1.165, 1.54) is 0 Å². The van der Waals surface area contributed by atoms with Gasteiger partial charge in [-0.2, -0.15) is 0 Å². The largest absolute Gasteiger partial charge is 0.328 e. The van der Waals surface area contributed by atoms with Gasteiger partial charge in [-0.1, -0.05) is 0 Å². The molecule has 0 aromatic carbocycles. The SMILES string of the molecule is CCOP(=O)(O)CCCC(=O)N(O)CC. The van der Waals surface area contributed by atoms with Gasteiger partial charge in [0.25, 0.3) is 0 Å². The van der Waals surface area contributed by atoms with Crippen molar-refractivity contribution in [2.45, 2.75) is 26.7 Å². The summed E-state index contributed by atoms with van der Waals surface area (Å²) in [7, 11) is -3.54. The van der Waals surface area contributed by atoms with Gasteiger partial charge < -0.3 is 9.42 Å². The minimum atomic E-state index is -3.54. The van der Waals surface area contributed by atoms with E-state index in [1.54, 1.807) is 13.8 Å². The van der Waals surface area contributed by atoms with Crippen molar-refractivity contribution in [3.05, 3.63) is 0 Å². The zero-order valence-corrected chi connectivity index (χ0v) is 9.94. The van der Waals surface area contributed by atoms with Gasteiger partial charge in [-0.25, -0.2) is 5.06 Å². The highest BCUT2D eigenvalue weighted by Crippen LogP contribution is 2.42. The highest BCUT2D eigenvalue weighted by Gasteiger charge is 2.19. The maximum Gasteiger partial charge on any atom is 0.328 e. The lowest BCUT2D eigenvalue weighted by Gasteiger charge is -2.13. The van der Waals surface area contributed by atoms with E-state index in [0.29, 0.717) is 5.06 Å². The number of carbonyl (C=O) groups excluding carboxylic acids is 1. The Morgan fingerprint density at radius 1 is 1.47 bits per heavy atom. The smallest absolute Gasteiger partial charge is 0.324 e. The summed E-state index contributed by atoms with van der Waals surface area (Å²) in [6, 6.07) is 0. The molecule has 0 fully saturated rings. The van der Waals surface area contributed by atoms with Crippen LogP contribution in [0, 0.1) is 0 Å². The van der Waals surface area contributed by atoms with Crippen LogP contribution in [-0.2, 0) is 13.9 Å². The Bertz CT molecular complexity index is 245. The van der Waals surface area contributed by atoms with Gasteiger partial charge in [0, 0.05) is 13.0 Å². The molecular formula is C8H18NO5P. The number of amides is 1. The Labute approximate surface area is 89.3 Å². The minimum absolute atomic E-state index is 0.0436. The average molecular weight is 239 g/mol. The van der Waals surface area contributed by atoms with Gasteiger partial charge in [-0.05, 0) is 20.3 Å². The second kappa shape index (κ2) is 6.95. The third kappa shape index (κ3) is 6.62. The molecular weight excluding hydrogens is 221 g/mol. The molecule has 2 N–H and O–H groups in total. The summed E-state index contributed by atoms with van der Waals surface area (Å²) in [5.41, 5.74) is 0. The normalized spacial score (nSPS) is 14.7. The second-order valence-corrected chi connectivity index (χ2v) is 4.97. The van der Waals surface area contributed by atoms with Crippen molar-refractivity contribution in [3.8, 4) is 0 Å². The van der Waals surface area contributed by atoms with E-state index in [1.807, 2.05) is 0 Å². The van der Waals surface area contributed by atoms with E-state index in [2.05, 4.69) is 4.52 Å². The highest BCUT2D eigenvalue weighted by molar-refractivity contribution is 7.52. The summed E-state index contributed by atoms with van der Waals surface area (Å²) in [5.74, 6) is -0.450. The lowest BCUT2D eigenvalue weighted by atomic mass is 10.3. The first-order chi connectivity index (χ1) is 6.93. The average Bonchev–Trinajstić information content (AvgIpc) is 2.15. The first-order valence-electron chi connectivity index (χ1n) is 4.88. The van der Waals surface area contributed by atoms with E-state index in [9.17, 15) is 9.36 Å². The quantitative estimate of drug-likeness (QED) is 0.396.